The van der Waals surface area contributed by atoms with Crippen molar-refractivity contribution in [3.63, 3.8) is 0 Å². The summed E-state index contributed by atoms with van der Waals surface area (Å²) in [5.41, 5.74) is 2.25. The molecule has 0 atom stereocenters. The second kappa shape index (κ2) is 7.69. The zero-order valence-electron chi connectivity index (χ0n) is 17.0. The van der Waals surface area contributed by atoms with Crippen molar-refractivity contribution in [2.24, 2.45) is 7.05 Å². The summed E-state index contributed by atoms with van der Waals surface area (Å²) in [6.07, 6.45) is 1.40. The quantitative estimate of drug-likeness (QED) is 0.406. The van der Waals surface area contributed by atoms with Crippen molar-refractivity contribution in [1.82, 2.24) is 29.5 Å². The largest absolute Gasteiger partial charge is 0.322 e. The van der Waals surface area contributed by atoms with Crippen LogP contribution in [0.4, 0.5) is 20.4 Å². The van der Waals surface area contributed by atoms with Crippen LogP contribution >= 0.6 is 11.6 Å². The Morgan fingerprint density at radius 1 is 1.00 bits per heavy atom. The predicted molar refractivity (Wildman–Crippen MR) is 118 cm³/mol. The highest BCUT2D eigenvalue weighted by Crippen LogP contribution is 2.36. The molecule has 160 valence electrons. The van der Waals surface area contributed by atoms with E-state index < -0.39 is 11.6 Å². The summed E-state index contributed by atoms with van der Waals surface area (Å²) in [4.78, 5) is 8.57. The van der Waals surface area contributed by atoms with Crippen molar-refractivity contribution in [3.05, 3.63) is 77.2 Å². The van der Waals surface area contributed by atoms with Crippen molar-refractivity contribution in [1.29, 1.82) is 0 Å². The Bertz CT molecular complexity index is 1470. The molecule has 0 aliphatic rings. The van der Waals surface area contributed by atoms with E-state index >= 15 is 0 Å². The Hall–Kier alpha value is -3.85. The lowest BCUT2D eigenvalue weighted by atomic mass is 10.1. The van der Waals surface area contributed by atoms with Gasteiger partial charge in [0.2, 0.25) is 0 Å². The molecule has 0 unspecified atom stereocenters. The molecule has 32 heavy (non-hydrogen) atoms. The van der Waals surface area contributed by atoms with E-state index in [1.807, 2.05) is 31.2 Å². The van der Waals surface area contributed by atoms with Gasteiger partial charge in [0, 0.05) is 30.1 Å². The summed E-state index contributed by atoms with van der Waals surface area (Å²) in [6.45, 7) is 1.93. The van der Waals surface area contributed by atoms with Gasteiger partial charge in [-0.2, -0.15) is 10.2 Å². The number of nitrogens with zero attached hydrogens (tertiary/aromatic N) is 6. The summed E-state index contributed by atoms with van der Waals surface area (Å²) in [6, 6.07) is 12.9. The van der Waals surface area contributed by atoms with Crippen molar-refractivity contribution >= 4 is 34.1 Å². The Balaban J connectivity index is 1.52. The first-order valence-corrected chi connectivity index (χ1v) is 10.0. The van der Waals surface area contributed by atoms with E-state index in [1.54, 1.807) is 17.8 Å². The van der Waals surface area contributed by atoms with E-state index in [0.29, 0.717) is 17.3 Å². The number of rotatable bonds is 4. The second-order valence-electron chi connectivity index (χ2n) is 7.16. The molecule has 7 nitrogen and oxygen atoms in total. The Morgan fingerprint density at radius 2 is 1.81 bits per heavy atom. The molecule has 0 radical (unpaired) electrons. The Morgan fingerprint density at radius 3 is 2.62 bits per heavy atom. The molecule has 0 saturated carbocycles. The SMILES string of the molecule is Cc1nn(-c2cc(Nc3nn(C)c(-c4ccc(F)cc4F)c3Cl)ncn2)c2ccccc12. The zero-order valence-corrected chi connectivity index (χ0v) is 17.8. The standard InChI is InChI=1S/C22H16ClF2N7/c1-12-14-5-3-4-6-17(14)32(29-12)19-10-18(26-11-27-19)28-22-20(23)21(31(2)30-22)15-8-7-13(24)9-16(15)25/h3-11H,1-2H3,(H,26,27,28,30). The van der Waals surface area contributed by atoms with E-state index in [4.69, 9.17) is 11.6 Å². The lowest BCUT2D eigenvalue weighted by molar-refractivity contribution is 0.584. The molecule has 0 saturated heterocycles. The van der Waals surface area contributed by atoms with Gasteiger partial charge in [0.1, 0.15) is 28.8 Å². The molecular formula is C22H16ClF2N7. The molecule has 1 N–H and O–H groups in total. The predicted octanol–water partition coefficient (Wildman–Crippen LogP) is 5.20. The van der Waals surface area contributed by atoms with Gasteiger partial charge in [-0.05, 0) is 25.1 Å². The van der Waals surface area contributed by atoms with Crippen LogP contribution in [0.1, 0.15) is 5.69 Å². The number of nitrogens with one attached hydrogen (secondary N) is 1. The number of aromatic nitrogens is 6. The molecule has 0 fully saturated rings. The van der Waals surface area contributed by atoms with E-state index in [-0.39, 0.29) is 16.4 Å². The number of halogens is 3. The van der Waals surface area contributed by atoms with Gasteiger partial charge in [-0.15, -0.1) is 0 Å². The second-order valence-corrected chi connectivity index (χ2v) is 7.54. The first-order valence-electron chi connectivity index (χ1n) is 9.64. The van der Waals surface area contributed by atoms with Gasteiger partial charge >= 0.3 is 0 Å². The summed E-state index contributed by atoms with van der Waals surface area (Å²) >= 11 is 6.50. The maximum absolute atomic E-state index is 14.3. The molecule has 5 rings (SSSR count). The van der Waals surface area contributed by atoms with E-state index in [1.165, 1.54) is 23.1 Å². The fourth-order valence-electron chi connectivity index (χ4n) is 3.60. The number of hydrogen-bond donors (Lipinski definition) is 1. The van der Waals surface area contributed by atoms with Crippen LogP contribution in [0.5, 0.6) is 0 Å². The molecular weight excluding hydrogens is 436 g/mol. The van der Waals surface area contributed by atoms with Crippen molar-refractivity contribution in [3.8, 4) is 17.1 Å². The highest BCUT2D eigenvalue weighted by molar-refractivity contribution is 6.35. The summed E-state index contributed by atoms with van der Waals surface area (Å²) < 4.78 is 30.8. The molecule has 0 aliphatic heterocycles. The summed E-state index contributed by atoms with van der Waals surface area (Å²) in [5.74, 6) is -0.134. The van der Waals surface area contributed by atoms with Crippen LogP contribution in [0.15, 0.2) is 54.9 Å². The van der Waals surface area contributed by atoms with Crippen LogP contribution in [0.3, 0.4) is 0 Å². The van der Waals surface area contributed by atoms with Gasteiger partial charge in [0.05, 0.1) is 16.9 Å². The lowest BCUT2D eigenvalue weighted by Crippen LogP contribution is -2.03. The lowest BCUT2D eigenvalue weighted by Gasteiger charge is -2.06. The van der Waals surface area contributed by atoms with Gasteiger partial charge in [0.15, 0.2) is 11.6 Å². The van der Waals surface area contributed by atoms with Crippen LogP contribution in [0.25, 0.3) is 28.0 Å². The Kier molecular flexibility index (Phi) is 4.82. The summed E-state index contributed by atoms with van der Waals surface area (Å²) in [7, 11) is 1.62. The molecule has 0 amide bonds. The van der Waals surface area contributed by atoms with Crippen molar-refractivity contribution in [2.75, 3.05) is 5.32 Å². The molecule has 0 aliphatic carbocycles. The van der Waals surface area contributed by atoms with Crippen LogP contribution < -0.4 is 5.32 Å². The van der Waals surface area contributed by atoms with Gasteiger partial charge in [0.25, 0.3) is 0 Å². The Labute approximate surface area is 186 Å². The highest BCUT2D eigenvalue weighted by Gasteiger charge is 2.20. The topological polar surface area (TPSA) is 73.5 Å². The normalized spacial score (nSPS) is 11.3. The van der Waals surface area contributed by atoms with Gasteiger partial charge in [-0.3, -0.25) is 4.68 Å². The first kappa shape index (κ1) is 20.1. The molecule has 0 spiro atoms. The average molecular weight is 452 g/mol. The number of aryl methyl sites for hydroxylation is 2. The smallest absolute Gasteiger partial charge is 0.173 e. The summed E-state index contributed by atoms with van der Waals surface area (Å²) in [5, 5.41) is 13.2. The molecule has 10 heteroatoms. The maximum Gasteiger partial charge on any atom is 0.173 e. The molecule has 0 bridgehead atoms. The molecule has 3 heterocycles. The minimum atomic E-state index is -0.730. The van der Waals surface area contributed by atoms with Gasteiger partial charge in [-0.1, -0.05) is 29.8 Å². The number of anilines is 2. The van der Waals surface area contributed by atoms with Crippen molar-refractivity contribution in [2.45, 2.75) is 6.92 Å². The maximum atomic E-state index is 14.3. The van der Waals surface area contributed by atoms with Gasteiger partial charge in [-0.25, -0.2) is 23.4 Å². The molecule has 5 aromatic rings. The number of fused-ring (bicyclic) bond motifs is 1. The number of benzene rings is 2. The minimum absolute atomic E-state index is 0.140. The zero-order chi connectivity index (χ0) is 22.4. The first-order chi connectivity index (χ1) is 15.4. The molecule has 3 aromatic heterocycles. The van der Waals surface area contributed by atoms with Crippen LogP contribution in [0.2, 0.25) is 5.02 Å². The van der Waals surface area contributed by atoms with E-state index in [9.17, 15) is 8.78 Å². The number of para-hydroxylation sites is 1. The van der Waals surface area contributed by atoms with E-state index in [0.717, 1.165) is 22.7 Å². The fourth-order valence-corrected chi connectivity index (χ4v) is 3.91. The van der Waals surface area contributed by atoms with Crippen molar-refractivity contribution < 1.29 is 8.78 Å². The van der Waals surface area contributed by atoms with Gasteiger partial charge < -0.3 is 5.32 Å². The van der Waals surface area contributed by atoms with Crippen LogP contribution in [-0.4, -0.2) is 29.5 Å². The minimum Gasteiger partial charge on any atom is -0.322 e. The van der Waals surface area contributed by atoms with Crippen LogP contribution in [-0.2, 0) is 7.05 Å². The third-order valence-electron chi connectivity index (χ3n) is 5.06. The third-order valence-corrected chi connectivity index (χ3v) is 5.42. The fraction of sp³-hybridized carbons (Fsp3) is 0.0909. The monoisotopic (exact) mass is 451 g/mol. The number of hydrogen-bond acceptors (Lipinski definition) is 5. The van der Waals surface area contributed by atoms with E-state index in [2.05, 4.69) is 25.5 Å². The highest BCUT2D eigenvalue weighted by atomic mass is 35.5. The van der Waals surface area contributed by atoms with Crippen LogP contribution in [0, 0.1) is 18.6 Å². The average Bonchev–Trinajstić information content (AvgIpc) is 3.25. The molecule has 2 aromatic carbocycles. The third kappa shape index (κ3) is 3.36.